The number of ether oxygens (including phenoxy) is 1. The molecule has 4 rings (SSSR count). The highest BCUT2D eigenvalue weighted by atomic mass is 35.5. The number of hydrogen-bond acceptors (Lipinski definition) is 4. The van der Waals surface area contributed by atoms with E-state index in [1.54, 1.807) is 4.90 Å². The average Bonchev–Trinajstić information content (AvgIpc) is 3.03. The molecule has 0 unspecified atom stereocenters. The topological polar surface area (TPSA) is 29.5 Å². The van der Waals surface area contributed by atoms with E-state index in [0.717, 1.165) is 22.4 Å². The Balaban J connectivity index is 1.53. The number of halogens is 1. The minimum absolute atomic E-state index is 0.111. The second kappa shape index (κ2) is 9.27. The fraction of sp³-hybridized carbons (Fsp3) is 0.120. The summed E-state index contributed by atoms with van der Waals surface area (Å²) in [4.78, 5) is 15.2. The second-order valence-corrected chi connectivity index (χ2v) is 9.32. The Labute approximate surface area is 196 Å². The third-order valence-electron chi connectivity index (χ3n) is 5.05. The van der Waals surface area contributed by atoms with Crippen molar-refractivity contribution in [3.8, 4) is 5.75 Å². The molecule has 0 atom stereocenters. The number of aryl methyl sites for hydroxylation is 2. The second-order valence-electron chi connectivity index (χ2n) is 7.24. The van der Waals surface area contributed by atoms with E-state index in [1.165, 1.54) is 17.3 Å². The minimum Gasteiger partial charge on any atom is -0.489 e. The third-order valence-corrected chi connectivity index (χ3v) is 6.72. The summed E-state index contributed by atoms with van der Waals surface area (Å²) in [6.07, 6.45) is 1.85. The molecule has 0 saturated carbocycles. The summed E-state index contributed by atoms with van der Waals surface area (Å²) in [5.41, 5.74) is 4.89. The highest BCUT2D eigenvalue weighted by Crippen LogP contribution is 2.36. The molecule has 1 aliphatic rings. The van der Waals surface area contributed by atoms with Crippen LogP contribution in [0.1, 0.15) is 22.3 Å². The molecule has 31 heavy (non-hydrogen) atoms. The van der Waals surface area contributed by atoms with E-state index in [9.17, 15) is 4.79 Å². The van der Waals surface area contributed by atoms with Crippen LogP contribution in [0.2, 0.25) is 5.02 Å². The number of amides is 1. The number of carbonyl (C=O) groups excluding carboxylic acids is 1. The number of thiocarbonyl (C=S) groups is 1. The predicted molar refractivity (Wildman–Crippen MR) is 134 cm³/mol. The van der Waals surface area contributed by atoms with E-state index < -0.39 is 0 Å². The van der Waals surface area contributed by atoms with Crippen molar-refractivity contribution < 1.29 is 9.53 Å². The first-order valence-corrected chi connectivity index (χ1v) is 11.3. The van der Waals surface area contributed by atoms with Crippen LogP contribution < -0.4 is 9.64 Å². The highest BCUT2D eigenvalue weighted by molar-refractivity contribution is 8.27. The number of carbonyl (C=O) groups is 1. The largest absolute Gasteiger partial charge is 0.489 e. The van der Waals surface area contributed by atoms with Gasteiger partial charge in [0.2, 0.25) is 0 Å². The number of benzene rings is 3. The van der Waals surface area contributed by atoms with Gasteiger partial charge in [-0.2, -0.15) is 0 Å². The Bertz CT molecular complexity index is 1210. The van der Waals surface area contributed by atoms with Crippen LogP contribution in [0.3, 0.4) is 0 Å². The van der Waals surface area contributed by atoms with Crippen LogP contribution in [0.4, 0.5) is 5.69 Å². The standard InChI is InChI=1S/C25H20ClNO2S2/c1-16-10-11-20(12-17(16)2)27-24(28)23(31-25(27)30)14-18-6-5-8-21(13-18)29-15-19-7-3-4-9-22(19)26/h3-14H,15H2,1-2H3. The fourth-order valence-corrected chi connectivity index (χ4v) is 4.67. The average molecular weight is 466 g/mol. The molecule has 3 nitrogen and oxygen atoms in total. The van der Waals surface area contributed by atoms with Gasteiger partial charge in [0.15, 0.2) is 4.32 Å². The molecule has 0 aromatic heterocycles. The lowest BCUT2D eigenvalue weighted by molar-refractivity contribution is -0.113. The van der Waals surface area contributed by atoms with Gasteiger partial charge in [0.25, 0.3) is 5.91 Å². The van der Waals surface area contributed by atoms with Crippen molar-refractivity contribution in [1.29, 1.82) is 0 Å². The van der Waals surface area contributed by atoms with E-state index in [4.69, 9.17) is 28.6 Å². The van der Waals surface area contributed by atoms with E-state index in [0.29, 0.717) is 26.6 Å². The summed E-state index contributed by atoms with van der Waals surface area (Å²) in [5.74, 6) is 0.596. The van der Waals surface area contributed by atoms with Crippen molar-refractivity contribution in [2.24, 2.45) is 0 Å². The molecule has 0 N–H and O–H groups in total. The molecular weight excluding hydrogens is 446 g/mol. The molecule has 0 aliphatic carbocycles. The van der Waals surface area contributed by atoms with Gasteiger partial charge < -0.3 is 4.74 Å². The maximum Gasteiger partial charge on any atom is 0.270 e. The van der Waals surface area contributed by atoms with Gasteiger partial charge in [-0.05, 0) is 66.9 Å². The molecule has 156 valence electrons. The quantitative estimate of drug-likeness (QED) is 0.301. The lowest BCUT2D eigenvalue weighted by Gasteiger charge is -2.15. The Morgan fingerprint density at radius 1 is 1.03 bits per heavy atom. The van der Waals surface area contributed by atoms with E-state index >= 15 is 0 Å². The van der Waals surface area contributed by atoms with Crippen molar-refractivity contribution in [2.45, 2.75) is 20.5 Å². The lowest BCUT2D eigenvalue weighted by Crippen LogP contribution is -2.27. The zero-order valence-electron chi connectivity index (χ0n) is 17.1. The Morgan fingerprint density at radius 3 is 2.61 bits per heavy atom. The summed E-state index contributed by atoms with van der Waals surface area (Å²) >= 11 is 13.0. The van der Waals surface area contributed by atoms with Gasteiger partial charge in [-0.15, -0.1) is 0 Å². The van der Waals surface area contributed by atoms with Crippen LogP contribution in [0.25, 0.3) is 6.08 Å². The maximum absolute atomic E-state index is 13.1. The van der Waals surface area contributed by atoms with Crippen LogP contribution in [-0.4, -0.2) is 10.2 Å². The molecule has 3 aromatic rings. The Kier molecular flexibility index (Phi) is 6.46. The highest BCUT2D eigenvalue weighted by Gasteiger charge is 2.33. The summed E-state index contributed by atoms with van der Waals surface area (Å²) in [6.45, 7) is 4.45. The molecule has 1 fully saturated rings. The molecule has 1 aliphatic heterocycles. The van der Waals surface area contributed by atoms with Crippen molar-refractivity contribution in [3.05, 3.63) is 98.9 Å². The molecular formula is C25H20ClNO2S2. The summed E-state index contributed by atoms with van der Waals surface area (Å²) in [7, 11) is 0. The summed E-state index contributed by atoms with van der Waals surface area (Å²) in [6, 6.07) is 21.1. The van der Waals surface area contributed by atoms with Crippen molar-refractivity contribution in [1.82, 2.24) is 0 Å². The smallest absolute Gasteiger partial charge is 0.270 e. The molecule has 3 aromatic carbocycles. The Morgan fingerprint density at radius 2 is 1.84 bits per heavy atom. The first-order chi connectivity index (χ1) is 14.9. The van der Waals surface area contributed by atoms with Crippen LogP contribution in [-0.2, 0) is 11.4 Å². The number of rotatable bonds is 5. The summed E-state index contributed by atoms with van der Waals surface area (Å²) < 4.78 is 6.43. The zero-order valence-corrected chi connectivity index (χ0v) is 19.5. The van der Waals surface area contributed by atoms with Gasteiger partial charge in [-0.25, -0.2) is 0 Å². The molecule has 0 radical (unpaired) electrons. The number of hydrogen-bond donors (Lipinski definition) is 0. The van der Waals surface area contributed by atoms with Crippen molar-refractivity contribution >= 4 is 57.6 Å². The van der Waals surface area contributed by atoms with E-state index in [1.807, 2.05) is 86.7 Å². The molecule has 0 bridgehead atoms. The molecule has 1 heterocycles. The van der Waals surface area contributed by atoms with Gasteiger partial charge in [0, 0.05) is 10.6 Å². The van der Waals surface area contributed by atoms with Gasteiger partial charge >= 0.3 is 0 Å². The first kappa shape index (κ1) is 21.6. The van der Waals surface area contributed by atoms with Gasteiger partial charge in [-0.3, -0.25) is 9.69 Å². The van der Waals surface area contributed by atoms with Crippen LogP contribution >= 0.6 is 35.6 Å². The molecule has 0 spiro atoms. The van der Waals surface area contributed by atoms with Gasteiger partial charge in [0.05, 0.1) is 10.6 Å². The maximum atomic E-state index is 13.1. The van der Waals surface area contributed by atoms with Crippen LogP contribution in [0, 0.1) is 13.8 Å². The van der Waals surface area contributed by atoms with Gasteiger partial charge in [-0.1, -0.05) is 72.0 Å². The Hall–Kier alpha value is -2.60. The van der Waals surface area contributed by atoms with Crippen molar-refractivity contribution in [3.63, 3.8) is 0 Å². The zero-order chi connectivity index (χ0) is 22.0. The third kappa shape index (κ3) is 4.85. The van der Waals surface area contributed by atoms with Crippen LogP contribution in [0.5, 0.6) is 5.75 Å². The molecule has 1 saturated heterocycles. The van der Waals surface area contributed by atoms with E-state index in [2.05, 4.69) is 0 Å². The first-order valence-electron chi connectivity index (χ1n) is 9.74. The fourth-order valence-electron chi connectivity index (χ4n) is 3.18. The van der Waals surface area contributed by atoms with Crippen molar-refractivity contribution in [2.75, 3.05) is 4.90 Å². The normalized spacial score (nSPS) is 15.1. The summed E-state index contributed by atoms with van der Waals surface area (Å²) in [5, 5.41) is 0.675. The SMILES string of the molecule is Cc1ccc(N2C(=O)C(=Cc3cccc(OCc4ccccc4Cl)c3)SC2=S)cc1C. The van der Waals surface area contributed by atoms with Crippen LogP contribution in [0.15, 0.2) is 71.6 Å². The number of thioether (sulfide) groups is 1. The lowest BCUT2D eigenvalue weighted by atomic mass is 10.1. The number of nitrogens with zero attached hydrogens (tertiary/aromatic N) is 1. The monoisotopic (exact) mass is 465 g/mol. The molecule has 1 amide bonds. The van der Waals surface area contributed by atoms with Gasteiger partial charge in [0.1, 0.15) is 12.4 Å². The predicted octanol–water partition coefficient (Wildman–Crippen LogP) is 6.94. The van der Waals surface area contributed by atoms with E-state index in [-0.39, 0.29) is 5.91 Å². The minimum atomic E-state index is -0.111. The number of anilines is 1. The molecule has 6 heteroatoms.